The van der Waals surface area contributed by atoms with E-state index in [-0.39, 0.29) is 23.5 Å². The minimum atomic E-state index is -0.731. The van der Waals surface area contributed by atoms with Crippen LogP contribution in [0.3, 0.4) is 0 Å². The van der Waals surface area contributed by atoms with Gasteiger partial charge >= 0.3 is 0 Å². The van der Waals surface area contributed by atoms with Crippen LogP contribution in [-0.4, -0.2) is 18.0 Å². The summed E-state index contributed by atoms with van der Waals surface area (Å²) < 4.78 is 26.6. The van der Waals surface area contributed by atoms with Crippen molar-refractivity contribution in [2.45, 2.75) is 56.4 Å². The van der Waals surface area contributed by atoms with Crippen LogP contribution < -0.4 is 11.1 Å². The summed E-state index contributed by atoms with van der Waals surface area (Å²) in [6.45, 7) is 0.538. The van der Waals surface area contributed by atoms with E-state index in [0.29, 0.717) is 6.54 Å². The third kappa shape index (κ3) is 5.16. The Kier molecular flexibility index (Phi) is 6.79. The molecule has 1 saturated carbocycles. The van der Waals surface area contributed by atoms with Crippen LogP contribution in [0.15, 0.2) is 48.5 Å². The Morgan fingerprint density at radius 2 is 1.43 bits per heavy atom. The number of hydrogen-bond acceptors (Lipinski definition) is 2. The van der Waals surface area contributed by atoms with Gasteiger partial charge in [0.25, 0.3) is 0 Å². The van der Waals surface area contributed by atoms with Crippen molar-refractivity contribution in [3.8, 4) is 0 Å². The van der Waals surface area contributed by atoms with Crippen molar-refractivity contribution in [3.05, 3.63) is 71.3 Å². The summed E-state index contributed by atoms with van der Waals surface area (Å²) in [5, 5.41) is 2.99. The van der Waals surface area contributed by atoms with Gasteiger partial charge in [-0.3, -0.25) is 4.79 Å². The van der Waals surface area contributed by atoms with Gasteiger partial charge in [0.05, 0.1) is 5.54 Å². The first-order chi connectivity index (χ1) is 13.5. The second-order valence-electron chi connectivity index (χ2n) is 7.77. The summed E-state index contributed by atoms with van der Waals surface area (Å²) in [6.07, 6.45) is 6.14. The Labute approximate surface area is 165 Å². The first kappa shape index (κ1) is 20.5. The van der Waals surface area contributed by atoms with Crippen molar-refractivity contribution in [2.24, 2.45) is 5.73 Å². The highest BCUT2D eigenvalue weighted by Crippen LogP contribution is 2.30. The Balaban J connectivity index is 1.61. The lowest BCUT2D eigenvalue weighted by Crippen LogP contribution is -2.55. The molecular formula is C23H28F2N2O. The van der Waals surface area contributed by atoms with Crippen LogP contribution in [0.25, 0.3) is 0 Å². The molecule has 0 spiro atoms. The minimum absolute atomic E-state index is 0.0135. The fourth-order valence-corrected chi connectivity index (χ4v) is 4.01. The van der Waals surface area contributed by atoms with Crippen LogP contribution in [0.1, 0.15) is 62.0 Å². The van der Waals surface area contributed by atoms with E-state index in [0.717, 1.165) is 56.1 Å². The fraction of sp³-hybridized carbons (Fsp3) is 0.435. The lowest BCUT2D eigenvalue weighted by Gasteiger charge is -2.31. The molecule has 0 aliphatic heterocycles. The third-order valence-corrected chi connectivity index (χ3v) is 5.70. The maximum absolute atomic E-state index is 13.3. The van der Waals surface area contributed by atoms with Crippen LogP contribution in [0, 0.1) is 11.6 Å². The molecule has 1 amide bonds. The molecule has 0 saturated heterocycles. The molecule has 0 aromatic heterocycles. The van der Waals surface area contributed by atoms with Crippen molar-refractivity contribution in [1.29, 1.82) is 0 Å². The van der Waals surface area contributed by atoms with Gasteiger partial charge in [-0.15, -0.1) is 0 Å². The molecule has 150 valence electrons. The molecule has 3 nitrogen and oxygen atoms in total. The van der Waals surface area contributed by atoms with Crippen molar-refractivity contribution in [2.75, 3.05) is 6.54 Å². The number of carbonyl (C=O) groups excluding carboxylic acids is 1. The first-order valence-electron chi connectivity index (χ1n) is 10.1. The lowest BCUT2D eigenvalue weighted by atomic mass is 9.82. The quantitative estimate of drug-likeness (QED) is 0.680. The number of rotatable bonds is 7. The smallest absolute Gasteiger partial charge is 0.240 e. The van der Waals surface area contributed by atoms with Gasteiger partial charge in [-0.2, -0.15) is 0 Å². The lowest BCUT2D eigenvalue weighted by molar-refractivity contribution is -0.127. The van der Waals surface area contributed by atoms with E-state index >= 15 is 0 Å². The van der Waals surface area contributed by atoms with Crippen LogP contribution in [0.4, 0.5) is 8.78 Å². The van der Waals surface area contributed by atoms with Crippen molar-refractivity contribution in [1.82, 2.24) is 5.32 Å². The molecule has 0 bridgehead atoms. The molecule has 1 fully saturated rings. The molecule has 2 aromatic rings. The van der Waals surface area contributed by atoms with E-state index in [1.54, 1.807) is 24.3 Å². The normalized spacial score (nSPS) is 16.1. The van der Waals surface area contributed by atoms with Crippen molar-refractivity contribution >= 4 is 5.91 Å². The molecule has 2 aromatic carbocycles. The zero-order chi connectivity index (χ0) is 20.0. The van der Waals surface area contributed by atoms with Gasteiger partial charge in [0.15, 0.2) is 0 Å². The van der Waals surface area contributed by atoms with Gasteiger partial charge in [-0.1, -0.05) is 43.5 Å². The summed E-state index contributed by atoms with van der Waals surface area (Å²) in [5.74, 6) is -0.615. The number of nitrogens with two attached hydrogens (primary N) is 1. The molecule has 3 N–H and O–H groups in total. The summed E-state index contributed by atoms with van der Waals surface area (Å²) in [7, 11) is 0. The summed E-state index contributed by atoms with van der Waals surface area (Å²) >= 11 is 0. The first-order valence-corrected chi connectivity index (χ1v) is 10.1. The zero-order valence-corrected chi connectivity index (χ0v) is 16.1. The molecule has 0 atom stereocenters. The van der Waals surface area contributed by atoms with Gasteiger partial charge in [-0.05, 0) is 61.1 Å². The maximum atomic E-state index is 13.3. The Hall–Kier alpha value is -2.27. The molecule has 3 rings (SSSR count). The molecular weight excluding hydrogens is 358 g/mol. The summed E-state index contributed by atoms with van der Waals surface area (Å²) in [4.78, 5) is 12.5. The fourth-order valence-electron chi connectivity index (χ4n) is 4.01. The van der Waals surface area contributed by atoms with Crippen LogP contribution in [0.5, 0.6) is 0 Å². The van der Waals surface area contributed by atoms with Gasteiger partial charge in [0.1, 0.15) is 11.6 Å². The number of amides is 1. The van der Waals surface area contributed by atoms with E-state index < -0.39 is 5.54 Å². The molecule has 1 aliphatic rings. The van der Waals surface area contributed by atoms with E-state index in [9.17, 15) is 13.6 Å². The second-order valence-corrected chi connectivity index (χ2v) is 7.77. The molecule has 0 heterocycles. The predicted molar refractivity (Wildman–Crippen MR) is 107 cm³/mol. The number of benzene rings is 2. The highest BCUT2D eigenvalue weighted by atomic mass is 19.1. The average molecular weight is 386 g/mol. The Morgan fingerprint density at radius 1 is 0.929 bits per heavy atom. The van der Waals surface area contributed by atoms with Crippen LogP contribution in [-0.2, 0) is 4.79 Å². The molecule has 0 unspecified atom stereocenters. The largest absolute Gasteiger partial charge is 0.355 e. The monoisotopic (exact) mass is 386 g/mol. The Bertz CT molecular complexity index is 723. The number of halogens is 2. The predicted octanol–water partition coefficient (Wildman–Crippen LogP) is 4.65. The van der Waals surface area contributed by atoms with E-state index in [1.807, 2.05) is 0 Å². The Morgan fingerprint density at radius 3 is 1.93 bits per heavy atom. The number of carbonyl (C=O) groups is 1. The maximum Gasteiger partial charge on any atom is 0.240 e. The van der Waals surface area contributed by atoms with Gasteiger partial charge in [0.2, 0.25) is 5.91 Å². The zero-order valence-electron chi connectivity index (χ0n) is 16.1. The highest BCUT2D eigenvalue weighted by molar-refractivity contribution is 5.86. The van der Waals surface area contributed by atoms with E-state index in [1.165, 1.54) is 24.3 Å². The van der Waals surface area contributed by atoms with Crippen LogP contribution >= 0.6 is 0 Å². The van der Waals surface area contributed by atoms with Crippen molar-refractivity contribution < 1.29 is 13.6 Å². The van der Waals surface area contributed by atoms with E-state index in [4.69, 9.17) is 5.73 Å². The number of nitrogens with one attached hydrogen (secondary N) is 1. The third-order valence-electron chi connectivity index (χ3n) is 5.70. The van der Waals surface area contributed by atoms with Gasteiger partial charge < -0.3 is 11.1 Å². The molecule has 28 heavy (non-hydrogen) atoms. The summed E-state index contributed by atoms with van der Waals surface area (Å²) in [5.41, 5.74) is 7.49. The molecule has 5 heteroatoms. The minimum Gasteiger partial charge on any atom is -0.355 e. The van der Waals surface area contributed by atoms with E-state index in [2.05, 4.69) is 5.32 Å². The van der Waals surface area contributed by atoms with Crippen molar-refractivity contribution in [3.63, 3.8) is 0 Å². The molecule has 0 radical (unpaired) electrons. The average Bonchev–Trinajstić information content (AvgIpc) is 2.70. The second kappa shape index (κ2) is 9.28. The van der Waals surface area contributed by atoms with Gasteiger partial charge in [0, 0.05) is 12.5 Å². The number of hydrogen-bond donors (Lipinski definition) is 2. The standard InChI is InChI=1S/C23H28F2N2O/c24-19-10-6-17(7-11-19)21(18-8-12-20(25)13-9-18)5-4-16-27-22(28)23(26)14-2-1-3-15-23/h6-13,21H,1-5,14-16,26H2,(H,27,28). The SMILES string of the molecule is NC1(C(=O)NCCCC(c2ccc(F)cc2)c2ccc(F)cc2)CCCCC1. The summed E-state index contributed by atoms with van der Waals surface area (Å²) in [6, 6.07) is 12.8. The van der Waals surface area contributed by atoms with Crippen LogP contribution in [0.2, 0.25) is 0 Å². The van der Waals surface area contributed by atoms with Gasteiger partial charge in [-0.25, -0.2) is 8.78 Å². The topological polar surface area (TPSA) is 55.1 Å². The highest BCUT2D eigenvalue weighted by Gasteiger charge is 2.34. The molecule has 1 aliphatic carbocycles.